The molecule has 0 N–H and O–H groups in total. The van der Waals surface area contributed by atoms with Gasteiger partial charge in [0.25, 0.3) is 0 Å². The number of ether oxygens (including phenoxy) is 1. The molecule has 1 fully saturated rings. The van der Waals surface area contributed by atoms with Crippen LogP contribution in [0, 0.1) is 5.41 Å². The number of esters is 1. The fourth-order valence-electron chi connectivity index (χ4n) is 1.90. The molecule has 6 heteroatoms. The molecule has 0 aliphatic heterocycles. The Kier molecular flexibility index (Phi) is 6.48. The minimum Gasteiger partial charge on any atom is -0.772 e. The van der Waals surface area contributed by atoms with Crippen LogP contribution in [0.2, 0.25) is 0 Å². The summed E-state index contributed by atoms with van der Waals surface area (Å²) < 4.78 is 25.8. The van der Waals surface area contributed by atoms with Gasteiger partial charge in [0.15, 0.2) is 0 Å². The Labute approximate surface area is 108 Å². The van der Waals surface area contributed by atoms with Crippen LogP contribution in [0.1, 0.15) is 25.7 Å². The SMILES string of the molecule is COC(=O)C1(CS(=O)[O-])CCCC1.[Na+]. The van der Waals surface area contributed by atoms with Gasteiger partial charge in [-0.3, -0.25) is 9.00 Å². The smallest absolute Gasteiger partial charge is 0.772 e. The molecule has 1 atom stereocenters. The quantitative estimate of drug-likeness (QED) is 0.307. The molecule has 0 amide bonds. The third-order valence-corrected chi connectivity index (χ3v) is 3.36. The van der Waals surface area contributed by atoms with Crippen molar-refractivity contribution < 1.29 is 47.9 Å². The normalized spacial score (nSPS) is 21.0. The second-order valence-corrected chi connectivity index (χ2v) is 4.32. The molecule has 1 aliphatic carbocycles. The topological polar surface area (TPSA) is 66.4 Å². The van der Waals surface area contributed by atoms with Crippen LogP contribution in [-0.4, -0.2) is 27.6 Å². The standard InChI is InChI=1S/C8H14O4S.Na/c1-12-7(9)8(6-13(10)11)4-2-3-5-8;/h2-6H2,1H3,(H,10,11);/q;+1/p-1. The van der Waals surface area contributed by atoms with E-state index in [4.69, 9.17) is 0 Å². The molecule has 1 saturated carbocycles. The Bertz CT molecular complexity index is 225. The first-order valence-electron chi connectivity index (χ1n) is 4.25. The second kappa shape index (κ2) is 6.23. The molecule has 76 valence electrons. The zero-order chi connectivity index (χ0) is 9.90. The summed E-state index contributed by atoms with van der Waals surface area (Å²) in [6, 6.07) is 0. The predicted molar refractivity (Wildman–Crippen MR) is 46.7 cm³/mol. The number of carbonyl (C=O) groups is 1. The van der Waals surface area contributed by atoms with Crippen molar-refractivity contribution in [2.24, 2.45) is 5.41 Å². The van der Waals surface area contributed by atoms with Crippen molar-refractivity contribution in [1.82, 2.24) is 0 Å². The van der Waals surface area contributed by atoms with Gasteiger partial charge >= 0.3 is 35.5 Å². The zero-order valence-corrected chi connectivity index (χ0v) is 11.4. The molecule has 0 spiro atoms. The van der Waals surface area contributed by atoms with Crippen LogP contribution in [0.5, 0.6) is 0 Å². The first-order chi connectivity index (χ1) is 6.10. The molecule has 0 heterocycles. The Morgan fingerprint density at radius 1 is 1.50 bits per heavy atom. The maximum Gasteiger partial charge on any atom is 1.00 e. The average molecular weight is 228 g/mol. The van der Waals surface area contributed by atoms with Gasteiger partial charge in [-0.2, -0.15) is 0 Å². The summed E-state index contributed by atoms with van der Waals surface area (Å²) in [6.07, 6.45) is 3.08. The van der Waals surface area contributed by atoms with E-state index in [9.17, 15) is 13.6 Å². The van der Waals surface area contributed by atoms with Crippen molar-refractivity contribution in [2.75, 3.05) is 12.9 Å². The van der Waals surface area contributed by atoms with E-state index < -0.39 is 16.5 Å². The monoisotopic (exact) mass is 228 g/mol. The van der Waals surface area contributed by atoms with Gasteiger partial charge in [0.1, 0.15) is 0 Å². The summed E-state index contributed by atoms with van der Waals surface area (Å²) in [6.45, 7) is 0. The van der Waals surface area contributed by atoms with Crippen LogP contribution in [0.15, 0.2) is 0 Å². The third kappa shape index (κ3) is 3.31. The van der Waals surface area contributed by atoms with Gasteiger partial charge < -0.3 is 9.29 Å². The Balaban J connectivity index is 0.00000169. The van der Waals surface area contributed by atoms with Gasteiger partial charge in [-0.1, -0.05) is 23.9 Å². The Hall–Kier alpha value is 0.580. The van der Waals surface area contributed by atoms with Crippen molar-refractivity contribution in [2.45, 2.75) is 25.7 Å². The van der Waals surface area contributed by atoms with Gasteiger partial charge in [0.05, 0.1) is 12.5 Å². The predicted octanol–water partition coefficient (Wildman–Crippen LogP) is -2.40. The average Bonchev–Trinajstić information content (AvgIpc) is 2.51. The van der Waals surface area contributed by atoms with Crippen molar-refractivity contribution in [3.05, 3.63) is 0 Å². The van der Waals surface area contributed by atoms with Crippen LogP contribution in [0.3, 0.4) is 0 Å². The molecule has 0 aromatic heterocycles. The molecule has 0 aromatic rings. The van der Waals surface area contributed by atoms with Crippen LogP contribution >= 0.6 is 0 Å². The number of hydrogen-bond donors (Lipinski definition) is 0. The van der Waals surface area contributed by atoms with Crippen LogP contribution in [0.25, 0.3) is 0 Å². The Morgan fingerprint density at radius 2 is 2.00 bits per heavy atom. The fourth-order valence-corrected chi connectivity index (χ4v) is 2.76. The number of methoxy groups -OCH3 is 1. The molecular formula is C8H13NaO4S. The minimum atomic E-state index is -2.17. The van der Waals surface area contributed by atoms with E-state index >= 15 is 0 Å². The maximum atomic E-state index is 11.4. The van der Waals surface area contributed by atoms with E-state index in [2.05, 4.69) is 4.74 Å². The molecule has 1 aliphatic rings. The van der Waals surface area contributed by atoms with Gasteiger partial charge in [-0.25, -0.2) is 0 Å². The van der Waals surface area contributed by atoms with Gasteiger partial charge in [-0.05, 0) is 12.8 Å². The van der Waals surface area contributed by atoms with Gasteiger partial charge in [-0.15, -0.1) is 0 Å². The molecule has 0 aromatic carbocycles. The minimum absolute atomic E-state index is 0. The maximum absolute atomic E-state index is 11.4. The van der Waals surface area contributed by atoms with Crippen molar-refractivity contribution in [3.63, 3.8) is 0 Å². The molecule has 0 radical (unpaired) electrons. The van der Waals surface area contributed by atoms with Crippen LogP contribution in [-0.2, 0) is 20.6 Å². The van der Waals surface area contributed by atoms with Crippen LogP contribution < -0.4 is 29.6 Å². The summed E-state index contributed by atoms with van der Waals surface area (Å²) in [5.74, 6) is -0.478. The largest absolute Gasteiger partial charge is 1.00 e. The molecule has 0 saturated heterocycles. The van der Waals surface area contributed by atoms with E-state index in [1.165, 1.54) is 7.11 Å². The van der Waals surface area contributed by atoms with E-state index in [-0.39, 0.29) is 41.3 Å². The molecule has 1 rings (SSSR count). The summed E-state index contributed by atoms with van der Waals surface area (Å²) in [5.41, 5.74) is -0.749. The van der Waals surface area contributed by atoms with Crippen molar-refractivity contribution in [1.29, 1.82) is 0 Å². The van der Waals surface area contributed by atoms with Crippen LogP contribution in [0.4, 0.5) is 0 Å². The van der Waals surface area contributed by atoms with E-state index in [0.717, 1.165) is 12.8 Å². The number of carbonyl (C=O) groups excluding carboxylic acids is 1. The summed E-state index contributed by atoms with van der Waals surface area (Å²) in [5, 5.41) is 0. The molecular weight excluding hydrogens is 215 g/mol. The number of rotatable bonds is 3. The summed E-state index contributed by atoms with van der Waals surface area (Å²) in [7, 11) is 1.30. The van der Waals surface area contributed by atoms with E-state index in [1.807, 2.05) is 0 Å². The van der Waals surface area contributed by atoms with E-state index in [0.29, 0.717) is 12.8 Å². The van der Waals surface area contributed by atoms with E-state index in [1.54, 1.807) is 0 Å². The molecule has 1 unspecified atom stereocenters. The second-order valence-electron chi connectivity index (χ2n) is 3.43. The van der Waals surface area contributed by atoms with Crippen molar-refractivity contribution in [3.8, 4) is 0 Å². The van der Waals surface area contributed by atoms with Gasteiger partial charge in [0.2, 0.25) is 0 Å². The fraction of sp³-hybridized carbons (Fsp3) is 0.875. The first kappa shape index (κ1) is 14.6. The Morgan fingerprint density at radius 3 is 2.36 bits per heavy atom. The van der Waals surface area contributed by atoms with Crippen molar-refractivity contribution >= 4 is 17.0 Å². The molecule has 14 heavy (non-hydrogen) atoms. The third-order valence-electron chi connectivity index (χ3n) is 2.57. The molecule has 4 nitrogen and oxygen atoms in total. The number of hydrogen-bond acceptors (Lipinski definition) is 4. The first-order valence-corrected chi connectivity index (χ1v) is 5.49. The van der Waals surface area contributed by atoms with Gasteiger partial charge in [0, 0.05) is 5.75 Å². The summed E-state index contributed by atoms with van der Waals surface area (Å²) >= 11 is -2.17. The summed E-state index contributed by atoms with van der Waals surface area (Å²) in [4.78, 5) is 11.4. The zero-order valence-electron chi connectivity index (χ0n) is 8.58. The molecule has 0 bridgehead atoms.